The average Bonchev–Trinajstić information content (AvgIpc) is 3.15. The van der Waals surface area contributed by atoms with Crippen LogP contribution in [0.5, 0.6) is 11.5 Å². The number of hydrogen-bond donors (Lipinski definition) is 3. The largest absolute Gasteiger partial charge is 0.505 e. The van der Waals surface area contributed by atoms with Crippen molar-refractivity contribution in [2.45, 2.75) is 64.8 Å². The quantitative estimate of drug-likeness (QED) is 0.0880. The van der Waals surface area contributed by atoms with E-state index in [-0.39, 0.29) is 76.9 Å². The van der Waals surface area contributed by atoms with E-state index in [2.05, 4.69) is 39.2 Å². The lowest BCUT2D eigenvalue weighted by atomic mass is 9.82. The van der Waals surface area contributed by atoms with Crippen molar-refractivity contribution in [3.63, 3.8) is 0 Å². The van der Waals surface area contributed by atoms with E-state index in [1.165, 1.54) is 42.6 Å². The number of nitrogens with zero attached hydrogens (tertiary/aromatic N) is 6. The second-order valence-electron chi connectivity index (χ2n) is 22.0. The van der Waals surface area contributed by atoms with Gasteiger partial charge >= 0.3 is 0 Å². The monoisotopic (exact) mass is 1190 g/mol. The van der Waals surface area contributed by atoms with E-state index in [1.54, 1.807) is 88.8 Å². The van der Waals surface area contributed by atoms with E-state index < -0.39 is 0 Å². The summed E-state index contributed by atoms with van der Waals surface area (Å²) in [5, 5.41) is 33.2. The molecule has 444 valence electrons. The van der Waals surface area contributed by atoms with Crippen molar-refractivity contribution in [2.24, 2.45) is 0 Å². The summed E-state index contributed by atoms with van der Waals surface area (Å²) in [5.74, 6) is -1.94. The molecule has 0 bridgehead atoms. The van der Waals surface area contributed by atoms with Gasteiger partial charge in [-0.2, -0.15) is 0 Å². The molecule has 0 spiro atoms. The third kappa shape index (κ3) is 11.5. The number of aldehydes is 1. The molecule has 89 heavy (non-hydrogen) atoms. The summed E-state index contributed by atoms with van der Waals surface area (Å²) < 4.78 is 45.0. The molecule has 8 aromatic carbocycles. The zero-order valence-corrected chi connectivity index (χ0v) is 48.1. The van der Waals surface area contributed by atoms with E-state index >= 15 is 0 Å². The lowest BCUT2D eigenvalue weighted by molar-refractivity contribution is 0.0757. The SMILES string of the molecule is COCc1c2c(c(O)c3ncccc13)C(=O)N(Cc1ccc(F)cc1)C2.O=C1c2c(c(CO)c3cccnc3c2O)CN1Cc1ccc(F)cc1.O=Cc1c2c(c(CC(c3ccccc3)c3ccccc3)c3ncccc13)C(=O)N(Cc1ccc(F)cc1)C2. The zero-order valence-electron chi connectivity index (χ0n) is 48.1. The van der Waals surface area contributed by atoms with Gasteiger partial charge in [0.1, 0.15) is 28.5 Å². The molecular weight excluding hydrogens is 1130 g/mol. The van der Waals surface area contributed by atoms with E-state index in [9.17, 15) is 47.7 Å². The molecule has 3 N–H and O–H groups in total. The van der Waals surface area contributed by atoms with Crippen LogP contribution in [0.3, 0.4) is 0 Å². The van der Waals surface area contributed by atoms with Gasteiger partial charge in [0.2, 0.25) is 0 Å². The molecule has 0 saturated heterocycles. The Labute approximate surface area is 509 Å². The molecule has 3 aliphatic rings. The first-order chi connectivity index (χ1) is 43.3. The van der Waals surface area contributed by atoms with Gasteiger partial charge in [-0.25, -0.2) is 13.2 Å². The number of amides is 3. The number of aromatic nitrogens is 3. The number of fused-ring (bicyclic) bond motifs is 6. The molecule has 11 aromatic rings. The number of carbonyl (C=O) groups is 4. The van der Waals surface area contributed by atoms with Crippen molar-refractivity contribution in [3.05, 3.63) is 289 Å². The highest BCUT2D eigenvalue weighted by molar-refractivity contribution is 6.11. The Morgan fingerprint density at radius 3 is 1.30 bits per heavy atom. The van der Waals surface area contributed by atoms with Crippen LogP contribution < -0.4 is 0 Å². The zero-order chi connectivity index (χ0) is 61.9. The van der Waals surface area contributed by atoms with Crippen molar-refractivity contribution in [3.8, 4) is 11.5 Å². The molecule has 0 radical (unpaired) electrons. The van der Waals surface area contributed by atoms with Crippen molar-refractivity contribution >= 4 is 56.7 Å². The molecule has 6 heterocycles. The van der Waals surface area contributed by atoms with E-state index in [4.69, 9.17) is 4.74 Å². The number of hydrogen-bond acceptors (Lipinski definition) is 11. The molecule has 14 rings (SSSR count). The molecule has 0 atom stereocenters. The minimum Gasteiger partial charge on any atom is -0.505 e. The van der Waals surface area contributed by atoms with Crippen LogP contribution in [0.15, 0.2) is 188 Å². The summed E-state index contributed by atoms with van der Waals surface area (Å²) in [5.41, 5.74) is 12.1. The van der Waals surface area contributed by atoms with Crippen molar-refractivity contribution in [2.75, 3.05) is 7.11 Å². The number of carbonyl (C=O) groups excluding carboxylic acids is 4. The predicted octanol–water partition coefficient (Wildman–Crippen LogP) is 12.8. The van der Waals surface area contributed by atoms with Crippen LogP contribution in [0, 0.1) is 17.5 Å². The van der Waals surface area contributed by atoms with Crippen LogP contribution in [0.4, 0.5) is 13.2 Å². The van der Waals surface area contributed by atoms with Crippen LogP contribution in [-0.4, -0.2) is 76.1 Å². The molecule has 14 nitrogen and oxygen atoms in total. The second kappa shape index (κ2) is 25.4. The first-order valence-corrected chi connectivity index (χ1v) is 28.7. The van der Waals surface area contributed by atoms with Gasteiger partial charge in [-0.1, -0.05) is 115 Å². The molecule has 3 aromatic heterocycles. The molecule has 3 amide bonds. The van der Waals surface area contributed by atoms with Gasteiger partial charge in [0, 0.05) is 92.6 Å². The van der Waals surface area contributed by atoms with Crippen molar-refractivity contribution < 1.29 is 52.4 Å². The normalized spacial score (nSPS) is 13.2. The molecule has 0 unspecified atom stereocenters. The molecule has 17 heteroatoms. The maximum Gasteiger partial charge on any atom is 0.258 e. The summed E-state index contributed by atoms with van der Waals surface area (Å²) >= 11 is 0. The maximum absolute atomic E-state index is 14.0. The first-order valence-electron chi connectivity index (χ1n) is 28.7. The number of methoxy groups -OCH3 is 1. The maximum atomic E-state index is 14.0. The highest BCUT2D eigenvalue weighted by Crippen LogP contribution is 2.43. The average molecular weight is 1190 g/mol. The topological polar surface area (TPSA) is 187 Å². The van der Waals surface area contributed by atoms with Gasteiger partial charge in [-0.05, 0) is 122 Å². The highest BCUT2D eigenvalue weighted by atomic mass is 19.1. The summed E-state index contributed by atoms with van der Waals surface area (Å²) in [6, 6.07) is 49.5. The smallest absolute Gasteiger partial charge is 0.258 e. The fraction of sp³-hybridized carbons (Fsp3) is 0.153. The Hall–Kier alpha value is -10.6. The number of ether oxygens (including phenoxy) is 1. The summed E-state index contributed by atoms with van der Waals surface area (Å²) in [4.78, 5) is 70.0. The molecule has 0 saturated carbocycles. The Kier molecular flexibility index (Phi) is 16.7. The van der Waals surface area contributed by atoms with Gasteiger partial charge < -0.3 is 34.8 Å². The van der Waals surface area contributed by atoms with Gasteiger partial charge in [0.05, 0.1) is 35.4 Å². The number of phenols is 2. The number of aliphatic hydroxyl groups excluding tert-OH is 1. The standard InChI is InChI=1S/C33H25FN2O2.C20H17FN2O3.C19H15FN2O3/c34-25-15-13-22(14-16-25)19-36-20-29-30(21-37)26-12-7-17-35-32(26)28(31(29)33(36)38)18-27(23-8-3-1-4-9-23)24-10-5-2-6-11-24;1-26-11-16-14-3-2-8-22-18(14)19(24)17-15(16)10-23(20(17)25)9-12-4-6-13(21)7-5-12;20-12-5-3-11(4-6-12)8-22-9-14-15(10-23)13-2-1-7-21-17(13)18(24)16(14)19(22)25/h1-17,21,27H,18-20H2;2-8,24H,9-11H2,1H3;1-7,23-24H,8-10H2. The Morgan fingerprint density at radius 2 is 0.876 bits per heavy atom. The van der Waals surface area contributed by atoms with E-state index in [0.717, 1.165) is 67.1 Å². The fourth-order valence-electron chi connectivity index (χ4n) is 12.4. The number of aliphatic hydroxyl groups is 1. The molecular formula is C72H57F3N6O8. The minimum absolute atomic E-state index is 0.00673. The van der Waals surface area contributed by atoms with E-state index in [1.807, 2.05) is 54.6 Å². The summed E-state index contributed by atoms with van der Waals surface area (Å²) in [6.07, 6.45) is 6.22. The van der Waals surface area contributed by atoms with Crippen LogP contribution in [0.25, 0.3) is 32.7 Å². The number of phenolic OH excluding ortho intramolecular Hbond substituents is 2. The van der Waals surface area contributed by atoms with Gasteiger partial charge in [-0.15, -0.1) is 0 Å². The van der Waals surface area contributed by atoms with Gasteiger partial charge in [-0.3, -0.25) is 34.1 Å². The van der Waals surface area contributed by atoms with Crippen LogP contribution >= 0.6 is 0 Å². The lowest BCUT2D eigenvalue weighted by Gasteiger charge is -2.21. The Bertz CT molecular complexity index is 4480. The van der Waals surface area contributed by atoms with Crippen LogP contribution in [0.1, 0.15) is 109 Å². The van der Waals surface area contributed by atoms with Gasteiger partial charge in [0.25, 0.3) is 17.7 Å². The third-order valence-corrected chi connectivity index (χ3v) is 16.6. The number of rotatable bonds is 14. The van der Waals surface area contributed by atoms with Crippen LogP contribution in [0.2, 0.25) is 0 Å². The molecule has 0 aliphatic carbocycles. The molecule has 0 fully saturated rings. The van der Waals surface area contributed by atoms with Gasteiger partial charge in [0.15, 0.2) is 17.8 Å². The third-order valence-electron chi connectivity index (χ3n) is 16.6. The number of aromatic hydroxyl groups is 2. The van der Waals surface area contributed by atoms with Crippen molar-refractivity contribution in [1.82, 2.24) is 29.7 Å². The number of halogens is 3. The second-order valence-corrected chi connectivity index (χ2v) is 22.0. The minimum atomic E-state index is -0.336. The summed E-state index contributed by atoms with van der Waals surface area (Å²) in [6.45, 7) is 1.99. The number of benzene rings is 8. The van der Waals surface area contributed by atoms with E-state index in [0.29, 0.717) is 89.9 Å². The molecule has 3 aliphatic heterocycles. The highest BCUT2D eigenvalue weighted by Gasteiger charge is 2.38. The number of pyridine rings is 3. The Morgan fingerprint density at radius 1 is 0.483 bits per heavy atom. The predicted molar refractivity (Wildman–Crippen MR) is 329 cm³/mol. The summed E-state index contributed by atoms with van der Waals surface area (Å²) in [7, 11) is 1.59. The lowest BCUT2D eigenvalue weighted by Crippen LogP contribution is -2.24. The Balaban J connectivity index is 0.000000134. The van der Waals surface area contributed by atoms with Crippen LogP contribution in [-0.2, 0) is 63.6 Å². The fourth-order valence-corrected chi connectivity index (χ4v) is 12.4. The first kappa shape index (κ1) is 58.7. The van der Waals surface area contributed by atoms with Crippen molar-refractivity contribution in [1.29, 1.82) is 0 Å².